The van der Waals surface area contributed by atoms with Crippen molar-refractivity contribution in [1.29, 1.82) is 0 Å². The number of hydrogen-bond acceptors (Lipinski definition) is 8. The number of carbonyl (C=O) groups excluding carboxylic acids is 1. The fraction of sp³-hybridized carbons (Fsp3) is 0.167. The molecular weight excluding hydrogens is 583 g/mol. The van der Waals surface area contributed by atoms with E-state index in [1.807, 2.05) is 0 Å². The molecule has 1 aliphatic carbocycles. The number of furan rings is 1. The Labute approximate surface area is 247 Å². The van der Waals surface area contributed by atoms with Crippen molar-refractivity contribution >= 4 is 45.9 Å². The molecule has 6 rings (SSSR count). The second-order valence-electron chi connectivity index (χ2n) is 9.39. The van der Waals surface area contributed by atoms with Crippen molar-refractivity contribution < 1.29 is 22.4 Å². The minimum absolute atomic E-state index is 0.0955. The molecule has 1 amide bonds. The van der Waals surface area contributed by atoms with Gasteiger partial charge < -0.3 is 9.73 Å². The maximum Gasteiger partial charge on any atom is 0.433 e. The van der Waals surface area contributed by atoms with Crippen molar-refractivity contribution in [3.05, 3.63) is 101 Å². The van der Waals surface area contributed by atoms with Crippen molar-refractivity contribution in [3.8, 4) is 11.3 Å². The highest BCUT2D eigenvalue weighted by molar-refractivity contribution is 7.99. The first-order valence-electron chi connectivity index (χ1n) is 13.0. The number of nitrogens with zero attached hydrogens (tertiary/aromatic N) is 4. The molecule has 12 heteroatoms. The second kappa shape index (κ2) is 11.9. The molecule has 0 unspecified atom stereocenters. The topological polar surface area (TPSA) is 93.3 Å². The number of rotatable bonds is 7. The van der Waals surface area contributed by atoms with E-state index in [1.165, 1.54) is 17.6 Å². The summed E-state index contributed by atoms with van der Waals surface area (Å²) in [5.41, 5.74) is 1.82. The molecule has 1 aromatic carbocycles. The molecule has 0 saturated heterocycles. The number of thiophene rings is 1. The number of alkyl halides is 3. The lowest BCUT2D eigenvalue weighted by Crippen LogP contribution is -2.14. The SMILES string of the molecule is O=C(Nc1cccnc1)c1c(N=Cc2ccc(Sc3nc(-c4ccccc4)cc(C(F)(F)F)n3)o2)sc2c1CCCC2. The minimum Gasteiger partial charge on any atom is -0.448 e. The summed E-state index contributed by atoms with van der Waals surface area (Å²) < 4.78 is 46.6. The molecule has 1 aliphatic rings. The summed E-state index contributed by atoms with van der Waals surface area (Å²) in [5.74, 6) is 0.124. The number of aliphatic imine (C=N–C) groups is 1. The number of pyridine rings is 1. The van der Waals surface area contributed by atoms with Crippen molar-refractivity contribution in [2.75, 3.05) is 5.32 Å². The number of anilines is 1. The van der Waals surface area contributed by atoms with E-state index in [2.05, 4.69) is 25.3 Å². The number of fused-ring (bicyclic) bond motifs is 1. The van der Waals surface area contributed by atoms with Crippen LogP contribution in [-0.4, -0.2) is 27.1 Å². The van der Waals surface area contributed by atoms with Gasteiger partial charge in [0.25, 0.3) is 5.91 Å². The van der Waals surface area contributed by atoms with Crippen LogP contribution in [0.2, 0.25) is 0 Å². The molecule has 0 spiro atoms. The van der Waals surface area contributed by atoms with Gasteiger partial charge in [0.05, 0.1) is 29.4 Å². The van der Waals surface area contributed by atoms with E-state index in [4.69, 9.17) is 4.42 Å². The van der Waals surface area contributed by atoms with E-state index < -0.39 is 11.9 Å². The molecule has 4 heterocycles. The molecule has 0 radical (unpaired) electrons. The highest BCUT2D eigenvalue weighted by Crippen LogP contribution is 2.40. The van der Waals surface area contributed by atoms with Gasteiger partial charge in [-0.3, -0.25) is 9.78 Å². The Hall–Kier alpha value is -4.29. The first kappa shape index (κ1) is 27.9. The van der Waals surface area contributed by atoms with Gasteiger partial charge in [0, 0.05) is 16.6 Å². The minimum atomic E-state index is -4.64. The highest BCUT2D eigenvalue weighted by atomic mass is 32.2. The first-order chi connectivity index (χ1) is 20.3. The Kier molecular flexibility index (Phi) is 7.90. The van der Waals surface area contributed by atoms with Crippen LogP contribution in [0, 0.1) is 0 Å². The third-order valence-electron chi connectivity index (χ3n) is 6.47. The predicted molar refractivity (Wildman–Crippen MR) is 156 cm³/mol. The van der Waals surface area contributed by atoms with Gasteiger partial charge >= 0.3 is 6.18 Å². The van der Waals surface area contributed by atoms with Crippen LogP contribution >= 0.6 is 23.1 Å². The molecule has 1 N–H and O–H groups in total. The molecular formula is C30H22F3N5O2S2. The lowest BCUT2D eigenvalue weighted by molar-refractivity contribution is -0.141. The predicted octanol–water partition coefficient (Wildman–Crippen LogP) is 8.24. The van der Waals surface area contributed by atoms with E-state index in [0.717, 1.165) is 54.0 Å². The Morgan fingerprint density at radius 2 is 1.88 bits per heavy atom. The van der Waals surface area contributed by atoms with Crippen molar-refractivity contribution in [1.82, 2.24) is 15.0 Å². The van der Waals surface area contributed by atoms with Crippen LogP contribution in [0.25, 0.3) is 11.3 Å². The number of amides is 1. The number of halogens is 3. The maximum atomic E-state index is 13.6. The van der Waals surface area contributed by atoms with Gasteiger partial charge in [0.2, 0.25) is 0 Å². The molecule has 0 atom stereocenters. The van der Waals surface area contributed by atoms with Crippen LogP contribution in [0.5, 0.6) is 0 Å². The number of aryl methyl sites for hydroxylation is 1. The lowest BCUT2D eigenvalue weighted by Gasteiger charge is -2.12. The number of hydrogen-bond donors (Lipinski definition) is 1. The van der Waals surface area contributed by atoms with Crippen molar-refractivity contribution in [3.63, 3.8) is 0 Å². The van der Waals surface area contributed by atoms with Gasteiger partial charge in [-0.2, -0.15) is 13.2 Å². The average molecular weight is 606 g/mol. The van der Waals surface area contributed by atoms with Crippen molar-refractivity contribution in [2.24, 2.45) is 4.99 Å². The van der Waals surface area contributed by atoms with Gasteiger partial charge in [0.1, 0.15) is 16.5 Å². The van der Waals surface area contributed by atoms with Crippen LogP contribution in [0.3, 0.4) is 0 Å². The van der Waals surface area contributed by atoms with Crippen LogP contribution in [0.15, 0.2) is 92.7 Å². The third kappa shape index (κ3) is 6.29. The van der Waals surface area contributed by atoms with E-state index in [9.17, 15) is 18.0 Å². The van der Waals surface area contributed by atoms with E-state index >= 15 is 0 Å². The van der Waals surface area contributed by atoms with Gasteiger partial charge in [-0.15, -0.1) is 11.3 Å². The fourth-order valence-electron chi connectivity index (χ4n) is 4.55. The van der Waals surface area contributed by atoms with E-state index in [1.54, 1.807) is 67.0 Å². The third-order valence-corrected chi connectivity index (χ3v) is 8.45. The number of aromatic nitrogens is 3. The monoisotopic (exact) mass is 605 g/mol. The smallest absolute Gasteiger partial charge is 0.433 e. The van der Waals surface area contributed by atoms with Gasteiger partial charge in [-0.05, 0) is 73.3 Å². The molecule has 7 nitrogen and oxygen atoms in total. The Balaban J connectivity index is 1.25. The molecule has 5 aromatic rings. The van der Waals surface area contributed by atoms with Gasteiger partial charge in [-0.1, -0.05) is 30.3 Å². The number of nitrogens with one attached hydrogen (secondary N) is 1. The lowest BCUT2D eigenvalue weighted by atomic mass is 9.95. The largest absolute Gasteiger partial charge is 0.448 e. The second-order valence-corrected chi connectivity index (χ2v) is 11.4. The summed E-state index contributed by atoms with van der Waals surface area (Å²) in [6.07, 6.45) is 3.85. The van der Waals surface area contributed by atoms with Crippen LogP contribution in [0.4, 0.5) is 23.9 Å². The summed E-state index contributed by atoms with van der Waals surface area (Å²) in [6, 6.07) is 16.3. The first-order valence-corrected chi connectivity index (χ1v) is 14.7. The fourth-order valence-corrected chi connectivity index (χ4v) is 6.52. The van der Waals surface area contributed by atoms with Gasteiger partial charge in [-0.25, -0.2) is 15.0 Å². The molecule has 42 heavy (non-hydrogen) atoms. The molecule has 4 aromatic heterocycles. The summed E-state index contributed by atoms with van der Waals surface area (Å²) in [5, 5.41) is 3.68. The van der Waals surface area contributed by atoms with Gasteiger partial charge in [0.15, 0.2) is 10.2 Å². The zero-order valence-electron chi connectivity index (χ0n) is 21.9. The Bertz CT molecular complexity index is 1750. The Morgan fingerprint density at radius 1 is 1.05 bits per heavy atom. The van der Waals surface area contributed by atoms with E-state index in [0.29, 0.717) is 32.7 Å². The number of benzene rings is 1. The summed E-state index contributed by atoms with van der Waals surface area (Å²) in [4.78, 5) is 31.1. The molecule has 0 fully saturated rings. The molecule has 212 valence electrons. The van der Waals surface area contributed by atoms with Crippen molar-refractivity contribution in [2.45, 2.75) is 42.1 Å². The van der Waals surface area contributed by atoms with Crippen LogP contribution < -0.4 is 5.32 Å². The zero-order chi connectivity index (χ0) is 29.1. The summed E-state index contributed by atoms with van der Waals surface area (Å²) in [6.45, 7) is 0. The normalized spacial score (nSPS) is 13.3. The zero-order valence-corrected chi connectivity index (χ0v) is 23.5. The van der Waals surface area contributed by atoms with E-state index in [-0.39, 0.29) is 16.8 Å². The quantitative estimate of drug-likeness (QED) is 0.148. The summed E-state index contributed by atoms with van der Waals surface area (Å²) >= 11 is 2.37. The average Bonchev–Trinajstić information content (AvgIpc) is 3.60. The standard InChI is InChI=1S/C30H22F3N5O2S2/c31-30(32,33)24-15-22(18-7-2-1-3-8-18)37-29(38-24)42-25-13-12-20(40-25)17-35-28-26(21-10-4-5-11-23(21)41-28)27(39)36-19-9-6-14-34-16-19/h1-3,6-9,12-17H,4-5,10-11H2,(H,36,39). The van der Waals surface area contributed by atoms with Crippen LogP contribution in [-0.2, 0) is 19.0 Å². The number of carbonyl (C=O) groups is 1. The molecule has 0 bridgehead atoms. The Morgan fingerprint density at radius 3 is 2.67 bits per heavy atom. The molecule has 0 aliphatic heterocycles. The molecule has 0 saturated carbocycles. The summed E-state index contributed by atoms with van der Waals surface area (Å²) in [7, 11) is 0. The highest BCUT2D eigenvalue weighted by Gasteiger charge is 2.34. The maximum absolute atomic E-state index is 13.6. The van der Waals surface area contributed by atoms with Crippen LogP contribution in [0.1, 0.15) is 45.1 Å².